The summed E-state index contributed by atoms with van der Waals surface area (Å²) in [4.78, 5) is 0. The van der Waals surface area contributed by atoms with Crippen molar-refractivity contribution in [1.82, 2.24) is 0 Å². The standard InChI is InChI=1S/C11H11F3N2/c12-11(13,14)9-5-4-8(7-10(9)16)3-1-2-6-15/h4-5,7H,2,6,15-16H2. The van der Waals surface area contributed by atoms with Gasteiger partial charge in [-0.1, -0.05) is 11.8 Å². The van der Waals surface area contributed by atoms with Crippen molar-refractivity contribution in [2.75, 3.05) is 12.3 Å². The average Bonchev–Trinajstić information content (AvgIpc) is 2.16. The van der Waals surface area contributed by atoms with Gasteiger partial charge in [-0.25, -0.2) is 0 Å². The molecule has 0 unspecified atom stereocenters. The maximum absolute atomic E-state index is 12.4. The number of nitrogen functional groups attached to an aromatic ring is 1. The second-order valence-electron chi connectivity index (χ2n) is 3.14. The van der Waals surface area contributed by atoms with Crippen LogP contribution in [0.2, 0.25) is 0 Å². The Morgan fingerprint density at radius 3 is 2.44 bits per heavy atom. The molecule has 0 fully saturated rings. The molecule has 0 aliphatic rings. The van der Waals surface area contributed by atoms with Crippen LogP contribution in [0.3, 0.4) is 0 Å². The van der Waals surface area contributed by atoms with Crippen molar-refractivity contribution in [2.45, 2.75) is 12.6 Å². The minimum Gasteiger partial charge on any atom is -0.398 e. The van der Waals surface area contributed by atoms with E-state index in [0.29, 0.717) is 18.5 Å². The molecule has 16 heavy (non-hydrogen) atoms. The smallest absolute Gasteiger partial charge is 0.398 e. The summed E-state index contributed by atoms with van der Waals surface area (Å²) >= 11 is 0. The highest BCUT2D eigenvalue weighted by Gasteiger charge is 2.32. The third-order valence-corrected chi connectivity index (χ3v) is 1.86. The fourth-order valence-corrected chi connectivity index (χ4v) is 1.14. The summed E-state index contributed by atoms with van der Waals surface area (Å²) in [6, 6.07) is 3.44. The molecule has 2 nitrogen and oxygen atoms in total. The zero-order valence-electron chi connectivity index (χ0n) is 8.43. The van der Waals surface area contributed by atoms with E-state index < -0.39 is 11.7 Å². The molecule has 1 aromatic carbocycles. The number of nitrogens with two attached hydrogens (primary N) is 2. The molecule has 0 heterocycles. The predicted octanol–water partition coefficient (Wildman–Crippen LogP) is 1.99. The van der Waals surface area contributed by atoms with E-state index in [2.05, 4.69) is 11.8 Å². The van der Waals surface area contributed by atoms with Crippen LogP contribution in [-0.2, 0) is 6.18 Å². The van der Waals surface area contributed by atoms with Crippen LogP contribution in [0.1, 0.15) is 17.5 Å². The fourth-order valence-electron chi connectivity index (χ4n) is 1.14. The van der Waals surface area contributed by atoms with Crippen molar-refractivity contribution < 1.29 is 13.2 Å². The highest BCUT2D eigenvalue weighted by molar-refractivity contribution is 5.54. The number of alkyl halides is 3. The number of halogens is 3. The Hall–Kier alpha value is -1.67. The van der Waals surface area contributed by atoms with Gasteiger partial charge in [0, 0.05) is 24.2 Å². The van der Waals surface area contributed by atoms with Gasteiger partial charge in [-0.3, -0.25) is 0 Å². The van der Waals surface area contributed by atoms with Crippen molar-refractivity contribution in [3.8, 4) is 11.8 Å². The molecule has 0 aliphatic carbocycles. The van der Waals surface area contributed by atoms with Crippen LogP contribution in [0.4, 0.5) is 18.9 Å². The van der Waals surface area contributed by atoms with Crippen LogP contribution in [0.5, 0.6) is 0 Å². The molecule has 0 amide bonds. The summed E-state index contributed by atoms with van der Waals surface area (Å²) in [5.41, 5.74) is 9.84. The summed E-state index contributed by atoms with van der Waals surface area (Å²) in [5, 5.41) is 0. The molecular weight excluding hydrogens is 217 g/mol. The van der Waals surface area contributed by atoms with Gasteiger partial charge in [-0.15, -0.1) is 0 Å². The number of hydrogen-bond acceptors (Lipinski definition) is 2. The highest BCUT2D eigenvalue weighted by Crippen LogP contribution is 2.33. The van der Waals surface area contributed by atoms with Crippen molar-refractivity contribution in [3.05, 3.63) is 29.3 Å². The first-order valence-electron chi connectivity index (χ1n) is 4.61. The molecule has 0 aromatic heterocycles. The number of hydrogen-bond donors (Lipinski definition) is 2. The lowest BCUT2D eigenvalue weighted by Gasteiger charge is -2.09. The first kappa shape index (κ1) is 12.4. The highest BCUT2D eigenvalue weighted by atomic mass is 19.4. The van der Waals surface area contributed by atoms with E-state index in [-0.39, 0.29) is 5.69 Å². The Labute approximate surface area is 91.4 Å². The molecule has 0 radical (unpaired) electrons. The van der Waals surface area contributed by atoms with Crippen LogP contribution in [0.15, 0.2) is 18.2 Å². The molecule has 4 N–H and O–H groups in total. The minimum atomic E-state index is -4.42. The van der Waals surface area contributed by atoms with Crippen LogP contribution >= 0.6 is 0 Å². The van der Waals surface area contributed by atoms with E-state index >= 15 is 0 Å². The number of benzene rings is 1. The molecule has 1 rings (SSSR count). The monoisotopic (exact) mass is 228 g/mol. The summed E-state index contributed by atoms with van der Waals surface area (Å²) in [5.74, 6) is 5.41. The summed E-state index contributed by atoms with van der Waals surface area (Å²) in [6.45, 7) is 0.420. The molecule has 0 spiro atoms. The summed E-state index contributed by atoms with van der Waals surface area (Å²) < 4.78 is 37.1. The van der Waals surface area contributed by atoms with Crippen molar-refractivity contribution >= 4 is 5.69 Å². The van der Waals surface area contributed by atoms with Crippen molar-refractivity contribution in [3.63, 3.8) is 0 Å². The summed E-state index contributed by atoms with van der Waals surface area (Å²) in [6.07, 6.45) is -3.92. The van der Waals surface area contributed by atoms with E-state index in [1.165, 1.54) is 12.1 Å². The lowest BCUT2D eigenvalue weighted by atomic mass is 10.1. The van der Waals surface area contributed by atoms with Crippen LogP contribution in [0.25, 0.3) is 0 Å². The zero-order valence-corrected chi connectivity index (χ0v) is 8.43. The van der Waals surface area contributed by atoms with Crippen molar-refractivity contribution in [1.29, 1.82) is 0 Å². The van der Waals surface area contributed by atoms with Gasteiger partial charge < -0.3 is 11.5 Å². The second-order valence-corrected chi connectivity index (χ2v) is 3.14. The minimum absolute atomic E-state index is 0.313. The first-order valence-corrected chi connectivity index (χ1v) is 4.61. The molecule has 0 saturated carbocycles. The molecular formula is C11H11F3N2. The van der Waals surface area contributed by atoms with E-state index in [0.717, 1.165) is 6.07 Å². The normalized spacial score (nSPS) is 10.8. The average molecular weight is 228 g/mol. The van der Waals surface area contributed by atoms with E-state index in [1.54, 1.807) is 0 Å². The molecule has 0 atom stereocenters. The maximum atomic E-state index is 12.4. The Kier molecular flexibility index (Phi) is 3.80. The predicted molar refractivity (Wildman–Crippen MR) is 56.4 cm³/mol. The topological polar surface area (TPSA) is 52.0 Å². The molecule has 1 aromatic rings. The van der Waals surface area contributed by atoms with Gasteiger partial charge in [0.15, 0.2) is 0 Å². The number of anilines is 1. The van der Waals surface area contributed by atoms with E-state index in [9.17, 15) is 13.2 Å². The SMILES string of the molecule is NCCC#Cc1ccc(C(F)(F)F)c(N)c1. The van der Waals surface area contributed by atoms with Gasteiger partial charge in [0.1, 0.15) is 0 Å². The summed E-state index contributed by atoms with van der Waals surface area (Å²) in [7, 11) is 0. The second kappa shape index (κ2) is 4.90. The van der Waals surface area contributed by atoms with E-state index in [4.69, 9.17) is 11.5 Å². The van der Waals surface area contributed by atoms with Gasteiger partial charge in [-0.05, 0) is 18.2 Å². The van der Waals surface area contributed by atoms with E-state index in [1.807, 2.05) is 0 Å². The van der Waals surface area contributed by atoms with Crippen molar-refractivity contribution in [2.24, 2.45) is 5.73 Å². The maximum Gasteiger partial charge on any atom is 0.418 e. The van der Waals surface area contributed by atoms with Crippen LogP contribution in [-0.4, -0.2) is 6.54 Å². The Bertz CT molecular complexity index is 427. The molecule has 0 aliphatic heterocycles. The quantitative estimate of drug-likeness (QED) is 0.570. The van der Waals surface area contributed by atoms with Gasteiger partial charge in [0.25, 0.3) is 0 Å². The van der Waals surface area contributed by atoms with Crippen LogP contribution < -0.4 is 11.5 Å². The lowest BCUT2D eigenvalue weighted by Crippen LogP contribution is -2.08. The zero-order chi connectivity index (χ0) is 12.2. The molecule has 86 valence electrons. The Balaban J connectivity index is 2.97. The fraction of sp³-hybridized carbons (Fsp3) is 0.273. The Morgan fingerprint density at radius 1 is 1.25 bits per heavy atom. The number of rotatable bonds is 1. The largest absolute Gasteiger partial charge is 0.418 e. The van der Waals surface area contributed by atoms with Gasteiger partial charge in [-0.2, -0.15) is 13.2 Å². The van der Waals surface area contributed by atoms with Gasteiger partial charge in [0.05, 0.1) is 5.56 Å². The molecule has 5 heteroatoms. The van der Waals surface area contributed by atoms with Gasteiger partial charge in [0.2, 0.25) is 0 Å². The van der Waals surface area contributed by atoms with Crippen LogP contribution in [0, 0.1) is 11.8 Å². The molecule has 0 bridgehead atoms. The molecule has 0 saturated heterocycles. The first-order chi connectivity index (χ1) is 7.45. The third kappa shape index (κ3) is 3.17. The Morgan fingerprint density at radius 2 is 1.94 bits per heavy atom. The lowest BCUT2D eigenvalue weighted by molar-refractivity contribution is -0.136. The third-order valence-electron chi connectivity index (χ3n) is 1.86. The van der Waals surface area contributed by atoms with Gasteiger partial charge >= 0.3 is 6.18 Å².